The van der Waals surface area contributed by atoms with Crippen molar-refractivity contribution in [3.8, 4) is 0 Å². The van der Waals surface area contributed by atoms with Crippen LogP contribution in [0.5, 0.6) is 0 Å². The van der Waals surface area contributed by atoms with E-state index in [1.807, 2.05) is 52.0 Å². The molecule has 2 aliphatic heterocycles. The maximum absolute atomic E-state index is 5.77. The van der Waals surface area contributed by atoms with Gasteiger partial charge in [0.25, 0.3) is 0 Å². The molecule has 20 heavy (non-hydrogen) atoms. The SMILES string of the molecule is CC1OC(c2ccc(C3OC(C)C(C)O3)cc2)OC1C. The van der Waals surface area contributed by atoms with Crippen LogP contribution in [0.2, 0.25) is 0 Å². The van der Waals surface area contributed by atoms with E-state index in [2.05, 4.69) is 0 Å². The highest BCUT2D eigenvalue weighted by Gasteiger charge is 2.32. The molecule has 0 aliphatic carbocycles. The molecule has 4 atom stereocenters. The third-order valence-electron chi connectivity index (χ3n) is 4.16. The molecule has 2 heterocycles. The predicted molar refractivity (Wildman–Crippen MR) is 74.1 cm³/mol. The number of hydrogen-bond donors (Lipinski definition) is 0. The first kappa shape index (κ1) is 14.0. The van der Waals surface area contributed by atoms with Crippen molar-refractivity contribution in [3.63, 3.8) is 0 Å². The van der Waals surface area contributed by atoms with Crippen molar-refractivity contribution in [2.45, 2.75) is 64.7 Å². The van der Waals surface area contributed by atoms with E-state index < -0.39 is 0 Å². The largest absolute Gasteiger partial charge is 0.343 e. The molecule has 2 saturated heterocycles. The normalized spacial score (nSPS) is 41.2. The minimum Gasteiger partial charge on any atom is -0.343 e. The average molecular weight is 278 g/mol. The summed E-state index contributed by atoms with van der Waals surface area (Å²) in [5.74, 6) is 0. The molecule has 0 bridgehead atoms. The van der Waals surface area contributed by atoms with Crippen LogP contribution in [0.25, 0.3) is 0 Å². The lowest BCUT2D eigenvalue weighted by Crippen LogP contribution is -2.13. The first-order valence-electron chi connectivity index (χ1n) is 7.26. The second-order valence-corrected chi connectivity index (χ2v) is 5.70. The van der Waals surface area contributed by atoms with Crippen LogP contribution in [0.3, 0.4) is 0 Å². The smallest absolute Gasteiger partial charge is 0.184 e. The molecule has 3 rings (SSSR count). The Hall–Kier alpha value is -0.940. The molecule has 1 aromatic rings. The van der Waals surface area contributed by atoms with E-state index in [-0.39, 0.29) is 37.0 Å². The summed E-state index contributed by atoms with van der Waals surface area (Å²) in [6.07, 6.45) is -0.0221. The summed E-state index contributed by atoms with van der Waals surface area (Å²) in [5.41, 5.74) is 2.06. The fourth-order valence-electron chi connectivity index (χ4n) is 2.41. The lowest BCUT2D eigenvalue weighted by molar-refractivity contribution is -0.0679. The molecule has 0 saturated carbocycles. The van der Waals surface area contributed by atoms with Gasteiger partial charge in [-0.05, 0) is 27.7 Å². The second-order valence-electron chi connectivity index (χ2n) is 5.70. The summed E-state index contributed by atoms with van der Waals surface area (Å²) in [5, 5.41) is 0. The molecule has 4 nitrogen and oxygen atoms in total. The number of hydrogen-bond acceptors (Lipinski definition) is 4. The summed E-state index contributed by atoms with van der Waals surface area (Å²) in [7, 11) is 0. The molecular formula is C16H22O4. The van der Waals surface area contributed by atoms with Gasteiger partial charge in [-0.3, -0.25) is 0 Å². The summed E-state index contributed by atoms with van der Waals surface area (Å²) in [4.78, 5) is 0. The maximum Gasteiger partial charge on any atom is 0.184 e. The van der Waals surface area contributed by atoms with Crippen molar-refractivity contribution in [1.82, 2.24) is 0 Å². The predicted octanol–water partition coefficient (Wildman–Crippen LogP) is 3.33. The van der Waals surface area contributed by atoms with Crippen molar-refractivity contribution in [3.05, 3.63) is 35.4 Å². The third-order valence-corrected chi connectivity index (χ3v) is 4.16. The molecule has 0 amide bonds. The molecule has 1 aromatic carbocycles. The van der Waals surface area contributed by atoms with Gasteiger partial charge in [0.1, 0.15) is 0 Å². The van der Waals surface area contributed by atoms with Gasteiger partial charge in [0.2, 0.25) is 0 Å². The zero-order valence-electron chi connectivity index (χ0n) is 12.4. The van der Waals surface area contributed by atoms with E-state index >= 15 is 0 Å². The Bertz CT molecular complexity index is 395. The van der Waals surface area contributed by atoms with Gasteiger partial charge in [-0.15, -0.1) is 0 Å². The minimum absolute atomic E-state index is 0.128. The Kier molecular flexibility index (Phi) is 3.82. The van der Waals surface area contributed by atoms with Crippen LogP contribution in [0.1, 0.15) is 51.4 Å². The van der Waals surface area contributed by atoms with E-state index in [4.69, 9.17) is 18.9 Å². The van der Waals surface area contributed by atoms with Crippen LogP contribution >= 0.6 is 0 Å². The molecule has 4 heteroatoms. The molecule has 0 spiro atoms. The number of rotatable bonds is 2. The Morgan fingerprint density at radius 2 is 0.800 bits per heavy atom. The highest BCUT2D eigenvalue weighted by Crippen LogP contribution is 2.34. The zero-order valence-corrected chi connectivity index (χ0v) is 12.4. The van der Waals surface area contributed by atoms with Crippen molar-refractivity contribution >= 4 is 0 Å². The summed E-state index contributed by atoms with van der Waals surface area (Å²) >= 11 is 0. The molecule has 4 unspecified atom stereocenters. The topological polar surface area (TPSA) is 36.9 Å². The number of benzene rings is 1. The van der Waals surface area contributed by atoms with Gasteiger partial charge >= 0.3 is 0 Å². The van der Waals surface area contributed by atoms with Crippen molar-refractivity contribution in [1.29, 1.82) is 0 Å². The van der Waals surface area contributed by atoms with Gasteiger partial charge in [0, 0.05) is 11.1 Å². The van der Waals surface area contributed by atoms with Crippen molar-refractivity contribution < 1.29 is 18.9 Å². The third kappa shape index (κ3) is 2.61. The maximum atomic E-state index is 5.77. The van der Waals surface area contributed by atoms with Crippen LogP contribution in [0, 0.1) is 0 Å². The standard InChI is InChI=1S/C16H22O4/c1-9-10(2)18-15(17-9)13-5-7-14(8-6-13)16-19-11(3)12(4)20-16/h5-12,15-16H,1-4H3. The fraction of sp³-hybridized carbons (Fsp3) is 0.625. The van der Waals surface area contributed by atoms with E-state index in [1.165, 1.54) is 0 Å². The quantitative estimate of drug-likeness (QED) is 0.831. The fourth-order valence-corrected chi connectivity index (χ4v) is 2.41. The van der Waals surface area contributed by atoms with Gasteiger partial charge in [-0.25, -0.2) is 0 Å². The Balaban J connectivity index is 1.69. The zero-order chi connectivity index (χ0) is 14.3. The van der Waals surface area contributed by atoms with Gasteiger partial charge < -0.3 is 18.9 Å². The lowest BCUT2D eigenvalue weighted by atomic mass is 10.1. The Labute approximate surface area is 120 Å². The molecule has 110 valence electrons. The molecule has 0 aromatic heterocycles. The van der Waals surface area contributed by atoms with Crippen molar-refractivity contribution in [2.24, 2.45) is 0 Å². The molecule has 0 N–H and O–H groups in total. The van der Waals surface area contributed by atoms with E-state index in [9.17, 15) is 0 Å². The first-order valence-corrected chi connectivity index (χ1v) is 7.26. The summed E-state index contributed by atoms with van der Waals surface area (Å²) in [6.45, 7) is 8.12. The van der Waals surface area contributed by atoms with Crippen LogP contribution in [-0.4, -0.2) is 24.4 Å². The van der Waals surface area contributed by atoms with E-state index in [0.29, 0.717) is 0 Å². The summed E-state index contributed by atoms with van der Waals surface area (Å²) < 4.78 is 23.1. The average Bonchev–Trinajstić information content (AvgIpc) is 2.94. The first-order chi connectivity index (χ1) is 9.54. The van der Waals surface area contributed by atoms with Gasteiger partial charge in [0.15, 0.2) is 12.6 Å². The van der Waals surface area contributed by atoms with Crippen LogP contribution in [0.4, 0.5) is 0 Å². The Morgan fingerprint density at radius 1 is 0.550 bits per heavy atom. The van der Waals surface area contributed by atoms with Gasteiger partial charge in [0.05, 0.1) is 24.4 Å². The second kappa shape index (κ2) is 5.45. The molecule has 0 radical (unpaired) electrons. The minimum atomic E-state index is -0.266. The Morgan fingerprint density at radius 3 is 1.05 bits per heavy atom. The van der Waals surface area contributed by atoms with Crippen molar-refractivity contribution in [2.75, 3.05) is 0 Å². The lowest BCUT2D eigenvalue weighted by Gasteiger charge is -2.13. The molecule has 2 fully saturated rings. The highest BCUT2D eigenvalue weighted by molar-refractivity contribution is 5.25. The van der Waals surface area contributed by atoms with E-state index in [1.54, 1.807) is 0 Å². The van der Waals surface area contributed by atoms with Gasteiger partial charge in [-0.1, -0.05) is 24.3 Å². The number of ether oxygens (including phenoxy) is 4. The van der Waals surface area contributed by atoms with Crippen LogP contribution in [-0.2, 0) is 18.9 Å². The molecular weight excluding hydrogens is 256 g/mol. The molecule has 2 aliphatic rings. The van der Waals surface area contributed by atoms with E-state index in [0.717, 1.165) is 11.1 Å². The van der Waals surface area contributed by atoms with Crippen LogP contribution < -0.4 is 0 Å². The van der Waals surface area contributed by atoms with Gasteiger partial charge in [-0.2, -0.15) is 0 Å². The summed E-state index contributed by atoms with van der Waals surface area (Å²) in [6, 6.07) is 8.08. The van der Waals surface area contributed by atoms with Crippen LogP contribution in [0.15, 0.2) is 24.3 Å². The monoisotopic (exact) mass is 278 g/mol. The highest BCUT2D eigenvalue weighted by atomic mass is 16.7.